The van der Waals surface area contributed by atoms with Crippen molar-refractivity contribution in [3.63, 3.8) is 0 Å². The third-order valence-electron chi connectivity index (χ3n) is 2.08. The van der Waals surface area contributed by atoms with Crippen LogP contribution < -0.4 is 10.1 Å². The number of halogens is 2. The molecule has 0 aliphatic heterocycles. The van der Waals surface area contributed by atoms with Crippen LogP contribution in [0.25, 0.3) is 11.3 Å². The van der Waals surface area contributed by atoms with Crippen LogP contribution in [0.5, 0.6) is 5.75 Å². The third kappa shape index (κ3) is 2.72. The zero-order valence-corrected chi connectivity index (χ0v) is 8.98. The van der Waals surface area contributed by atoms with Gasteiger partial charge in [-0.1, -0.05) is 0 Å². The Bertz CT molecular complexity index is 482. The first kappa shape index (κ1) is 11.4. The molecule has 0 bridgehead atoms. The molecular weight excluding hydrogens is 230 g/mol. The molecule has 1 aromatic carbocycles. The van der Waals surface area contributed by atoms with Gasteiger partial charge in [0, 0.05) is 12.6 Å². The highest BCUT2D eigenvalue weighted by molar-refractivity contribution is 5.58. The van der Waals surface area contributed by atoms with Crippen molar-refractivity contribution in [2.75, 3.05) is 12.4 Å². The SMILES string of the molecule is CNc1ncc(-c2ccc(OC(F)F)cc2)o1. The summed E-state index contributed by atoms with van der Waals surface area (Å²) in [5.74, 6) is 0.662. The lowest BCUT2D eigenvalue weighted by Gasteiger charge is -2.04. The maximum absolute atomic E-state index is 11.9. The maximum atomic E-state index is 11.9. The predicted octanol–water partition coefficient (Wildman–Crippen LogP) is 2.98. The van der Waals surface area contributed by atoms with Gasteiger partial charge in [-0.3, -0.25) is 0 Å². The molecule has 6 heteroatoms. The van der Waals surface area contributed by atoms with Crippen molar-refractivity contribution in [1.82, 2.24) is 4.98 Å². The molecule has 0 radical (unpaired) electrons. The van der Waals surface area contributed by atoms with Crippen LogP contribution in [0.15, 0.2) is 34.9 Å². The summed E-state index contributed by atoms with van der Waals surface area (Å²) in [7, 11) is 1.69. The molecule has 2 aromatic rings. The summed E-state index contributed by atoms with van der Waals surface area (Å²) in [4.78, 5) is 3.95. The summed E-state index contributed by atoms with van der Waals surface area (Å²) in [6, 6.07) is 6.54. The summed E-state index contributed by atoms with van der Waals surface area (Å²) in [5.41, 5.74) is 0.737. The Morgan fingerprint density at radius 2 is 2.00 bits per heavy atom. The number of alkyl halides is 2. The second-order valence-electron chi connectivity index (χ2n) is 3.18. The minimum absolute atomic E-state index is 0.108. The maximum Gasteiger partial charge on any atom is 0.387 e. The van der Waals surface area contributed by atoms with Gasteiger partial charge in [-0.25, -0.2) is 4.98 Å². The fourth-order valence-corrected chi connectivity index (χ4v) is 1.32. The smallest absolute Gasteiger partial charge is 0.387 e. The Balaban J connectivity index is 2.17. The zero-order valence-electron chi connectivity index (χ0n) is 8.98. The van der Waals surface area contributed by atoms with Crippen LogP contribution in [0.4, 0.5) is 14.8 Å². The lowest BCUT2D eigenvalue weighted by atomic mass is 10.2. The number of ether oxygens (including phenoxy) is 1. The Kier molecular flexibility index (Phi) is 3.22. The average molecular weight is 240 g/mol. The first-order valence-corrected chi connectivity index (χ1v) is 4.88. The first-order chi connectivity index (χ1) is 8.19. The van der Waals surface area contributed by atoms with Crippen LogP contribution in [0.2, 0.25) is 0 Å². The van der Waals surface area contributed by atoms with Crippen molar-refractivity contribution in [1.29, 1.82) is 0 Å². The Labute approximate surface area is 96.2 Å². The van der Waals surface area contributed by atoms with Gasteiger partial charge in [-0.05, 0) is 24.3 Å². The highest BCUT2D eigenvalue weighted by Gasteiger charge is 2.07. The molecule has 0 saturated heterocycles. The van der Waals surface area contributed by atoms with Crippen molar-refractivity contribution >= 4 is 6.01 Å². The summed E-state index contributed by atoms with van der Waals surface area (Å²) in [6.45, 7) is -2.82. The van der Waals surface area contributed by atoms with Crippen LogP contribution >= 0.6 is 0 Å². The second-order valence-corrected chi connectivity index (χ2v) is 3.18. The van der Waals surface area contributed by atoms with E-state index in [2.05, 4.69) is 15.0 Å². The Morgan fingerprint density at radius 1 is 1.29 bits per heavy atom. The van der Waals surface area contributed by atoms with Gasteiger partial charge in [0.2, 0.25) is 0 Å². The first-order valence-electron chi connectivity index (χ1n) is 4.88. The third-order valence-corrected chi connectivity index (χ3v) is 2.08. The second kappa shape index (κ2) is 4.82. The van der Waals surface area contributed by atoms with Crippen molar-refractivity contribution in [3.05, 3.63) is 30.5 Å². The van der Waals surface area contributed by atoms with Gasteiger partial charge < -0.3 is 14.5 Å². The molecule has 0 spiro atoms. The summed E-state index contributed by atoms with van der Waals surface area (Å²) < 4.78 is 33.4. The zero-order chi connectivity index (χ0) is 12.3. The molecule has 4 nitrogen and oxygen atoms in total. The Morgan fingerprint density at radius 3 is 2.53 bits per heavy atom. The molecule has 0 aliphatic carbocycles. The standard InChI is InChI=1S/C11H10F2N2O2/c1-14-11-15-6-9(17-11)7-2-4-8(5-3-7)16-10(12)13/h2-6,10H,1H3,(H,14,15). The van der Waals surface area contributed by atoms with Crippen LogP contribution in [0.1, 0.15) is 0 Å². The van der Waals surface area contributed by atoms with Crippen LogP contribution in [-0.4, -0.2) is 18.6 Å². The van der Waals surface area contributed by atoms with Gasteiger partial charge in [0.1, 0.15) is 5.75 Å². The van der Waals surface area contributed by atoms with Crippen LogP contribution in [-0.2, 0) is 0 Å². The predicted molar refractivity (Wildman–Crippen MR) is 58.1 cm³/mol. The van der Waals surface area contributed by atoms with Gasteiger partial charge in [0.25, 0.3) is 6.01 Å². The Hall–Kier alpha value is -2.11. The quantitative estimate of drug-likeness (QED) is 0.892. The van der Waals surface area contributed by atoms with E-state index in [1.54, 1.807) is 25.4 Å². The molecule has 2 rings (SSSR count). The normalized spacial score (nSPS) is 10.6. The van der Waals surface area contributed by atoms with E-state index in [0.29, 0.717) is 11.8 Å². The monoisotopic (exact) mass is 240 g/mol. The van der Waals surface area contributed by atoms with Crippen LogP contribution in [0, 0.1) is 0 Å². The van der Waals surface area contributed by atoms with E-state index in [1.165, 1.54) is 12.1 Å². The van der Waals surface area contributed by atoms with E-state index in [9.17, 15) is 8.78 Å². The van der Waals surface area contributed by atoms with Crippen LogP contribution in [0.3, 0.4) is 0 Å². The summed E-state index contributed by atoms with van der Waals surface area (Å²) in [6.07, 6.45) is 1.55. The fourth-order valence-electron chi connectivity index (χ4n) is 1.32. The summed E-state index contributed by atoms with van der Waals surface area (Å²) >= 11 is 0. The molecule has 0 atom stereocenters. The number of oxazole rings is 1. The lowest BCUT2D eigenvalue weighted by Crippen LogP contribution is -2.01. The van der Waals surface area contributed by atoms with Gasteiger partial charge in [-0.15, -0.1) is 0 Å². The average Bonchev–Trinajstić information content (AvgIpc) is 2.78. The molecule has 1 aromatic heterocycles. The molecule has 17 heavy (non-hydrogen) atoms. The number of nitrogens with zero attached hydrogens (tertiary/aromatic N) is 1. The number of anilines is 1. The molecule has 90 valence electrons. The van der Waals surface area contributed by atoms with Gasteiger partial charge >= 0.3 is 6.61 Å². The van der Waals surface area contributed by atoms with Crippen molar-refractivity contribution < 1.29 is 17.9 Å². The molecule has 0 saturated carbocycles. The topological polar surface area (TPSA) is 47.3 Å². The number of nitrogens with one attached hydrogen (secondary N) is 1. The number of aromatic nitrogens is 1. The molecule has 0 unspecified atom stereocenters. The molecule has 0 aliphatic rings. The molecule has 1 N–H and O–H groups in total. The minimum Gasteiger partial charge on any atom is -0.435 e. The van der Waals surface area contributed by atoms with Gasteiger partial charge in [0.15, 0.2) is 5.76 Å². The number of hydrogen-bond acceptors (Lipinski definition) is 4. The lowest BCUT2D eigenvalue weighted by molar-refractivity contribution is -0.0498. The van der Waals surface area contributed by atoms with E-state index in [-0.39, 0.29) is 5.75 Å². The number of benzene rings is 1. The molecule has 1 heterocycles. The van der Waals surface area contributed by atoms with Gasteiger partial charge in [0.05, 0.1) is 6.20 Å². The summed E-state index contributed by atoms with van der Waals surface area (Å²) in [5, 5.41) is 2.75. The highest BCUT2D eigenvalue weighted by Crippen LogP contribution is 2.25. The number of hydrogen-bond donors (Lipinski definition) is 1. The molecule has 0 fully saturated rings. The van der Waals surface area contributed by atoms with E-state index in [4.69, 9.17) is 4.42 Å². The van der Waals surface area contributed by atoms with E-state index < -0.39 is 6.61 Å². The van der Waals surface area contributed by atoms with E-state index in [0.717, 1.165) is 5.56 Å². The van der Waals surface area contributed by atoms with E-state index >= 15 is 0 Å². The van der Waals surface area contributed by atoms with Gasteiger partial charge in [-0.2, -0.15) is 8.78 Å². The van der Waals surface area contributed by atoms with Crippen molar-refractivity contribution in [2.45, 2.75) is 6.61 Å². The van der Waals surface area contributed by atoms with Crippen molar-refractivity contribution in [3.8, 4) is 17.1 Å². The van der Waals surface area contributed by atoms with E-state index in [1.807, 2.05) is 0 Å². The minimum atomic E-state index is -2.82. The molecule has 0 amide bonds. The molecular formula is C11H10F2N2O2. The number of rotatable bonds is 4. The van der Waals surface area contributed by atoms with Crippen molar-refractivity contribution in [2.24, 2.45) is 0 Å². The highest BCUT2D eigenvalue weighted by atomic mass is 19.3. The largest absolute Gasteiger partial charge is 0.435 e. The fraction of sp³-hybridized carbons (Fsp3) is 0.182.